The van der Waals surface area contributed by atoms with Gasteiger partial charge in [-0.3, -0.25) is 4.79 Å². The summed E-state index contributed by atoms with van der Waals surface area (Å²) in [6, 6.07) is 0. The maximum absolute atomic E-state index is 13.5. The Morgan fingerprint density at radius 3 is 1.48 bits per heavy atom. The van der Waals surface area contributed by atoms with Crippen molar-refractivity contribution in [1.29, 1.82) is 0 Å². The molecular formula is C56H88O2. The normalized spacial score (nSPS) is 19.2. The van der Waals surface area contributed by atoms with Crippen LogP contribution in [0.25, 0.3) is 0 Å². The Morgan fingerprint density at radius 2 is 1.03 bits per heavy atom. The third-order valence-corrected chi connectivity index (χ3v) is 12.6. The van der Waals surface area contributed by atoms with Gasteiger partial charge in [0.15, 0.2) is 0 Å². The number of unbranched alkanes of at least 4 members (excludes halogenated alkanes) is 11. The quantitative estimate of drug-likeness (QED) is 0.0495. The molecular weight excluding hydrogens is 705 g/mol. The molecule has 2 aliphatic carbocycles. The van der Waals surface area contributed by atoms with Gasteiger partial charge in [-0.05, 0) is 121 Å². The molecule has 0 amide bonds. The van der Waals surface area contributed by atoms with Crippen LogP contribution in [-0.4, -0.2) is 12.6 Å². The van der Waals surface area contributed by atoms with E-state index < -0.39 is 0 Å². The predicted molar refractivity (Wildman–Crippen MR) is 257 cm³/mol. The minimum Gasteiger partial charge on any atom is -0.461 e. The van der Waals surface area contributed by atoms with Crippen molar-refractivity contribution < 1.29 is 9.53 Å². The van der Waals surface area contributed by atoms with Gasteiger partial charge in [-0.15, -0.1) is 0 Å². The third-order valence-electron chi connectivity index (χ3n) is 12.6. The van der Waals surface area contributed by atoms with Crippen molar-refractivity contribution in [2.45, 2.75) is 205 Å². The molecule has 0 aromatic rings. The molecule has 1 atom stereocenters. The highest BCUT2D eigenvalue weighted by Crippen LogP contribution is 2.42. The molecule has 0 saturated carbocycles. The van der Waals surface area contributed by atoms with Crippen molar-refractivity contribution in [3.63, 3.8) is 0 Å². The van der Waals surface area contributed by atoms with E-state index in [1.807, 2.05) is 6.08 Å². The summed E-state index contributed by atoms with van der Waals surface area (Å²) in [6.45, 7) is 25.2. The Bertz CT molecular complexity index is 1550. The van der Waals surface area contributed by atoms with Crippen molar-refractivity contribution in [3.8, 4) is 0 Å². The lowest BCUT2D eigenvalue weighted by atomic mass is 9.72. The zero-order valence-electron chi connectivity index (χ0n) is 39.7. The minimum atomic E-state index is -0.114. The molecule has 0 saturated heterocycles. The Hall–Kier alpha value is -3.13. The first-order chi connectivity index (χ1) is 27.7. The van der Waals surface area contributed by atoms with Crippen molar-refractivity contribution >= 4 is 5.97 Å². The molecule has 0 fully saturated rings. The highest BCUT2D eigenvalue weighted by Gasteiger charge is 2.27. The van der Waals surface area contributed by atoms with Crippen LogP contribution < -0.4 is 0 Å². The monoisotopic (exact) mass is 793 g/mol. The van der Waals surface area contributed by atoms with Gasteiger partial charge in [-0.25, -0.2) is 0 Å². The minimum absolute atomic E-state index is 0.0728. The fourth-order valence-corrected chi connectivity index (χ4v) is 8.67. The number of ether oxygens (including phenoxy) is 1. The van der Waals surface area contributed by atoms with Gasteiger partial charge in [0.1, 0.15) is 6.61 Å². The van der Waals surface area contributed by atoms with Crippen molar-refractivity contribution in [2.75, 3.05) is 6.61 Å². The Labute approximate surface area is 359 Å². The smallest absolute Gasteiger partial charge is 0.309 e. The number of hydrogen-bond donors (Lipinski definition) is 0. The zero-order chi connectivity index (χ0) is 42.8. The van der Waals surface area contributed by atoms with Gasteiger partial charge < -0.3 is 4.74 Å². The Kier molecular flexibility index (Phi) is 24.9. The summed E-state index contributed by atoms with van der Waals surface area (Å²) in [7, 11) is 0. The summed E-state index contributed by atoms with van der Waals surface area (Å²) in [5.41, 5.74) is 11.3. The van der Waals surface area contributed by atoms with E-state index in [0.29, 0.717) is 13.0 Å². The van der Waals surface area contributed by atoms with Crippen LogP contribution in [0.1, 0.15) is 205 Å². The highest BCUT2D eigenvalue weighted by atomic mass is 16.5. The first kappa shape index (κ1) is 51.0. The largest absolute Gasteiger partial charge is 0.461 e. The van der Waals surface area contributed by atoms with Gasteiger partial charge in [-0.1, -0.05) is 212 Å². The molecule has 58 heavy (non-hydrogen) atoms. The molecule has 0 spiro atoms. The molecule has 2 aliphatic rings. The van der Waals surface area contributed by atoms with Gasteiger partial charge in [0, 0.05) is 0 Å². The molecule has 1 unspecified atom stereocenters. The Morgan fingerprint density at radius 1 is 0.603 bits per heavy atom. The van der Waals surface area contributed by atoms with Crippen LogP contribution >= 0.6 is 0 Å². The van der Waals surface area contributed by atoms with E-state index in [0.717, 1.165) is 18.4 Å². The molecule has 0 aromatic carbocycles. The van der Waals surface area contributed by atoms with E-state index >= 15 is 0 Å². The fourth-order valence-electron chi connectivity index (χ4n) is 8.67. The third kappa shape index (κ3) is 21.2. The standard InChI is InChI=1S/C56H88O2/c1-12-13-14-15-16-17-18-19-20-21-22-23-34-51(38-35-45(2)28-24-29-46(3)36-39-52-49(6)32-26-42-55(52,8)9)54(57)58-44-41-48(5)31-25-30-47(4)37-40-53-50(7)33-27-43-56(53,10)11/h24-25,28-31,35-37,39-41,51H,12-23,26-27,32-34,38,42-44H2,1-11H3. The van der Waals surface area contributed by atoms with E-state index in [9.17, 15) is 4.79 Å². The summed E-state index contributed by atoms with van der Waals surface area (Å²) in [5, 5.41) is 0. The summed E-state index contributed by atoms with van der Waals surface area (Å²) >= 11 is 0. The number of carbonyl (C=O) groups is 1. The Balaban J connectivity index is 1.96. The van der Waals surface area contributed by atoms with Gasteiger partial charge in [0.2, 0.25) is 0 Å². The average molecular weight is 793 g/mol. The van der Waals surface area contributed by atoms with E-state index in [1.165, 1.54) is 148 Å². The lowest BCUT2D eigenvalue weighted by molar-refractivity contribution is -0.147. The highest BCUT2D eigenvalue weighted by molar-refractivity contribution is 5.72. The van der Waals surface area contributed by atoms with E-state index in [1.54, 1.807) is 0 Å². The lowest BCUT2D eigenvalue weighted by Crippen LogP contribution is -2.19. The first-order valence-electron chi connectivity index (χ1n) is 23.6. The second kappa shape index (κ2) is 28.4. The van der Waals surface area contributed by atoms with Gasteiger partial charge in [0.05, 0.1) is 5.92 Å². The second-order valence-corrected chi connectivity index (χ2v) is 19.2. The van der Waals surface area contributed by atoms with Crippen molar-refractivity contribution in [2.24, 2.45) is 16.7 Å². The number of esters is 1. The van der Waals surface area contributed by atoms with Crippen LogP contribution in [0, 0.1) is 16.7 Å². The van der Waals surface area contributed by atoms with Crippen LogP contribution in [0.3, 0.4) is 0 Å². The molecule has 0 N–H and O–H groups in total. The van der Waals surface area contributed by atoms with Gasteiger partial charge in [0.25, 0.3) is 0 Å². The van der Waals surface area contributed by atoms with Crippen LogP contribution in [0.5, 0.6) is 0 Å². The summed E-state index contributed by atoms with van der Waals surface area (Å²) in [4.78, 5) is 13.5. The molecule has 0 aliphatic heterocycles. The lowest BCUT2D eigenvalue weighted by Gasteiger charge is -2.33. The van der Waals surface area contributed by atoms with Crippen molar-refractivity contribution in [1.82, 2.24) is 0 Å². The van der Waals surface area contributed by atoms with Gasteiger partial charge in [-0.2, -0.15) is 0 Å². The van der Waals surface area contributed by atoms with Crippen molar-refractivity contribution in [3.05, 3.63) is 117 Å². The predicted octanol–water partition coefficient (Wildman–Crippen LogP) is 17.7. The van der Waals surface area contributed by atoms with E-state index in [-0.39, 0.29) is 22.7 Å². The fraction of sp³-hybridized carbons (Fsp3) is 0.625. The van der Waals surface area contributed by atoms with Crippen LogP contribution in [0.15, 0.2) is 117 Å². The maximum Gasteiger partial charge on any atom is 0.309 e. The number of carbonyl (C=O) groups excluding carboxylic acids is 1. The number of hydrogen-bond acceptors (Lipinski definition) is 2. The summed E-state index contributed by atoms with van der Waals surface area (Å²) < 4.78 is 5.89. The summed E-state index contributed by atoms with van der Waals surface area (Å²) in [6.07, 6.45) is 51.2. The zero-order valence-corrected chi connectivity index (χ0v) is 39.7. The molecule has 0 heterocycles. The van der Waals surface area contributed by atoms with E-state index in [2.05, 4.69) is 143 Å². The molecule has 0 aromatic heterocycles. The molecule has 2 rings (SSSR count). The first-order valence-corrected chi connectivity index (χ1v) is 23.6. The summed E-state index contributed by atoms with van der Waals surface area (Å²) in [5.74, 6) is -0.187. The number of rotatable bonds is 26. The van der Waals surface area contributed by atoms with E-state index in [4.69, 9.17) is 4.74 Å². The van der Waals surface area contributed by atoms with Gasteiger partial charge >= 0.3 is 5.97 Å². The molecule has 0 bridgehead atoms. The van der Waals surface area contributed by atoms with Crippen LogP contribution in [-0.2, 0) is 9.53 Å². The van der Waals surface area contributed by atoms with Crippen LogP contribution in [0.4, 0.5) is 0 Å². The molecule has 324 valence electrons. The maximum atomic E-state index is 13.5. The topological polar surface area (TPSA) is 26.3 Å². The second-order valence-electron chi connectivity index (χ2n) is 19.2. The number of allylic oxidation sites excluding steroid dienone is 19. The SMILES string of the molecule is CCCCCCCCCCCCCCC(CC=C(C)C=CC=C(C)C=CC1=C(C)CCCC1(C)C)C(=O)OCC=C(C)C=CC=C(C)C=CC1=C(C)CCCC1(C)C. The molecule has 2 heteroatoms. The molecule has 2 nitrogen and oxygen atoms in total. The van der Waals surface area contributed by atoms with Crippen LogP contribution in [0.2, 0.25) is 0 Å². The average Bonchev–Trinajstić information content (AvgIpc) is 3.15. The molecule has 0 radical (unpaired) electrons.